The normalized spacial score (nSPS) is 38.0. The fourth-order valence-corrected chi connectivity index (χ4v) is 10.5. The van der Waals surface area contributed by atoms with Crippen LogP contribution in [-0.2, 0) is 4.74 Å². The van der Waals surface area contributed by atoms with Gasteiger partial charge in [0.05, 0.1) is 36.7 Å². The molecule has 51 heavy (non-hydrogen) atoms. The quantitative estimate of drug-likeness (QED) is 0.312. The van der Waals surface area contributed by atoms with Crippen LogP contribution in [0.1, 0.15) is 61.5 Å². The first kappa shape index (κ1) is 31.7. The molecule has 5 nitrogen and oxygen atoms in total. The van der Waals surface area contributed by atoms with Crippen molar-refractivity contribution in [2.75, 3.05) is 11.9 Å². The van der Waals surface area contributed by atoms with E-state index in [0.29, 0.717) is 29.7 Å². The van der Waals surface area contributed by atoms with E-state index in [9.17, 15) is 0 Å². The highest BCUT2D eigenvalue weighted by Gasteiger charge is 2.50. The summed E-state index contributed by atoms with van der Waals surface area (Å²) in [5.74, 6) is 2.03. The van der Waals surface area contributed by atoms with E-state index in [0.717, 1.165) is 12.8 Å². The summed E-state index contributed by atoms with van der Waals surface area (Å²) >= 11 is 0. The van der Waals surface area contributed by atoms with Gasteiger partial charge < -0.3 is 9.64 Å². The van der Waals surface area contributed by atoms with Crippen molar-refractivity contribution in [2.45, 2.75) is 87.1 Å². The van der Waals surface area contributed by atoms with E-state index in [2.05, 4.69) is 161 Å². The van der Waals surface area contributed by atoms with Crippen LogP contribution in [0.25, 0.3) is 0 Å². The highest BCUT2D eigenvalue weighted by molar-refractivity contribution is 5.69. The van der Waals surface area contributed by atoms with Crippen molar-refractivity contribution in [3.05, 3.63) is 162 Å². The Labute approximate surface area is 303 Å². The number of para-hydroxylation sites is 1. The Morgan fingerprint density at radius 2 is 1.71 bits per heavy atom. The molecule has 0 aromatic heterocycles. The molecule has 10 rings (SSSR count). The molecule has 2 aromatic rings. The number of ether oxygens (including phenoxy) is 1. The second-order valence-electron chi connectivity index (χ2n) is 15.8. The third-order valence-electron chi connectivity index (χ3n) is 13.0. The number of nitrogens with zero attached hydrogens (tertiary/aromatic N) is 2. The molecule has 3 heterocycles. The zero-order valence-electron chi connectivity index (χ0n) is 29.6. The molecule has 11 atom stereocenters. The van der Waals surface area contributed by atoms with Crippen molar-refractivity contribution in [3.63, 3.8) is 0 Å². The van der Waals surface area contributed by atoms with Gasteiger partial charge in [0.1, 0.15) is 0 Å². The van der Waals surface area contributed by atoms with Crippen LogP contribution in [0.3, 0.4) is 0 Å². The van der Waals surface area contributed by atoms with Gasteiger partial charge in [0.2, 0.25) is 0 Å². The van der Waals surface area contributed by atoms with Gasteiger partial charge in [-0.3, -0.25) is 15.5 Å². The molecule has 3 aliphatic heterocycles. The average molecular weight is 675 g/mol. The molecular weight excluding hydrogens is 625 g/mol. The van der Waals surface area contributed by atoms with Crippen LogP contribution in [-0.4, -0.2) is 48.7 Å². The first-order chi connectivity index (χ1) is 25.2. The van der Waals surface area contributed by atoms with E-state index >= 15 is 0 Å². The van der Waals surface area contributed by atoms with Crippen molar-refractivity contribution in [2.24, 2.45) is 17.8 Å². The van der Waals surface area contributed by atoms with Crippen LogP contribution >= 0.6 is 0 Å². The first-order valence-corrected chi connectivity index (χ1v) is 19.5. The Morgan fingerprint density at radius 1 is 0.824 bits per heavy atom. The number of anilines is 1. The zero-order valence-corrected chi connectivity index (χ0v) is 29.6. The summed E-state index contributed by atoms with van der Waals surface area (Å²) in [5, 5.41) is 8.28. The van der Waals surface area contributed by atoms with Crippen LogP contribution in [0.5, 0.6) is 0 Å². The second-order valence-corrected chi connectivity index (χ2v) is 15.8. The van der Waals surface area contributed by atoms with Gasteiger partial charge in [-0.25, -0.2) is 0 Å². The van der Waals surface area contributed by atoms with Crippen molar-refractivity contribution < 1.29 is 4.74 Å². The topological polar surface area (TPSA) is 39.8 Å². The molecule has 2 aromatic carbocycles. The lowest BCUT2D eigenvalue weighted by atomic mass is 9.76. The monoisotopic (exact) mass is 674 g/mol. The Kier molecular flexibility index (Phi) is 8.21. The third kappa shape index (κ3) is 5.52. The molecule has 2 fully saturated rings. The van der Waals surface area contributed by atoms with Crippen LogP contribution in [0, 0.1) is 17.8 Å². The molecule has 8 aliphatic rings. The average Bonchev–Trinajstić information content (AvgIpc) is 3.74. The van der Waals surface area contributed by atoms with Crippen LogP contribution in [0.15, 0.2) is 150 Å². The highest BCUT2D eigenvalue weighted by Crippen LogP contribution is 2.50. The van der Waals surface area contributed by atoms with Crippen LogP contribution < -0.4 is 15.5 Å². The maximum atomic E-state index is 6.97. The standard InChI is InChI=1S/C46H50N4O/c1-49-45(32-15-6-3-7-16-32)47-44(48-46(49)33-25-23-31(24-26-33)30-13-4-2-5-14-30)38-19-12-22-41-43(38)37-28-27-34(29-42(37)51-41)50-39-20-10-8-17-35(39)36-18-9-11-21-40(36)50/h2,4-6,8,10-15,17,19-23,25-29,31-32,36-37,40-48H,3,7,9,16,18,24H2,1H3. The molecule has 0 radical (unpaired) electrons. The van der Waals surface area contributed by atoms with Crippen molar-refractivity contribution in [1.82, 2.24) is 15.5 Å². The Morgan fingerprint density at radius 3 is 2.57 bits per heavy atom. The molecular formula is C46H50N4O. The summed E-state index contributed by atoms with van der Waals surface area (Å²) in [6.45, 7) is 0. The predicted molar refractivity (Wildman–Crippen MR) is 207 cm³/mol. The van der Waals surface area contributed by atoms with Crippen LogP contribution in [0.4, 0.5) is 5.69 Å². The second kappa shape index (κ2) is 13.2. The summed E-state index contributed by atoms with van der Waals surface area (Å²) in [7, 11) is 2.30. The van der Waals surface area contributed by atoms with Gasteiger partial charge in [0, 0.05) is 41.0 Å². The Balaban J connectivity index is 0.932. The van der Waals surface area contributed by atoms with Gasteiger partial charge in [0.25, 0.3) is 0 Å². The number of benzene rings is 2. The summed E-state index contributed by atoms with van der Waals surface area (Å²) in [4.78, 5) is 5.14. The fourth-order valence-electron chi connectivity index (χ4n) is 10.5. The molecule has 2 N–H and O–H groups in total. The summed E-state index contributed by atoms with van der Waals surface area (Å²) < 4.78 is 6.97. The zero-order chi connectivity index (χ0) is 33.9. The third-order valence-corrected chi connectivity index (χ3v) is 13.0. The van der Waals surface area contributed by atoms with Gasteiger partial charge >= 0.3 is 0 Å². The van der Waals surface area contributed by atoms with Crippen molar-refractivity contribution in [1.29, 1.82) is 0 Å². The molecule has 260 valence electrons. The maximum Gasteiger partial charge on any atom is 0.0882 e. The minimum Gasteiger partial charge on any atom is -0.365 e. The van der Waals surface area contributed by atoms with Crippen molar-refractivity contribution >= 4 is 5.69 Å². The van der Waals surface area contributed by atoms with E-state index in [1.165, 1.54) is 59.3 Å². The number of rotatable bonds is 5. The highest BCUT2D eigenvalue weighted by atomic mass is 16.5. The SMILES string of the molecule is CN1C(C2=CCC(c3ccccc3)C=C2)NC(C2=CC=CC3OC4C=C(N5c6ccccc6C6CCC=CC65)C=CC4C23)NC1C1C=CCCC1. The van der Waals surface area contributed by atoms with E-state index in [-0.39, 0.29) is 36.6 Å². The lowest BCUT2D eigenvalue weighted by Crippen LogP contribution is -2.70. The molecule has 5 heteroatoms. The minimum absolute atomic E-state index is 0.0444. The summed E-state index contributed by atoms with van der Waals surface area (Å²) in [6.07, 6.45) is 38.8. The van der Waals surface area contributed by atoms with E-state index < -0.39 is 0 Å². The fraction of sp³-hybridized carbons (Fsp3) is 0.391. The number of nitrogens with one attached hydrogen (secondary N) is 2. The Hall–Kier alpha value is -4.00. The van der Waals surface area contributed by atoms with Gasteiger partial charge in [-0.15, -0.1) is 0 Å². The smallest absolute Gasteiger partial charge is 0.0882 e. The Bertz CT molecular complexity index is 1900. The first-order valence-electron chi connectivity index (χ1n) is 19.5. The molecule has 5 aliphatic carbocycles. The largest absolute Gasteiger partial charge is 0.365 e. The number of hydrogen-bond donors (Lipinski definition) is 2. The van der Waals surface area contributed by atoms with Gasteiger partial charge in [-0.05, 0) is 86.1 Å². The van der Waals surface area contributed by atoms with E-state index in [1.807, 2.05) is 0 Å². The lowest BCUT2D eigenvalue weighted by Gasteiger charge is -2.50. The van der Waals surface area contributed by atoms with Crippen molar-refractivity contribution in [3.8, 4) is 0 Å². The van der Waals surface area contributed by atoms with E-state index in [1.54, 1.807) is 0 Å². The molecule has 0 amide bonds. The predicted octanol–water partition coefficient (Wildman–Crippen LogP) is 8.39. The maximum absolute atomic E-state index is 6.97. The molecule has 11 unspecified atom stereocenters. The van der Waals surface area contributed by atoms with Gasteiger partial charge in [-0.1, -0.05) is 115 Å². The van der Waals surface area contributed by atoms with Crippen LogP contribution in [0.2, 0.25) is 0 Å². The van der Waals surface area contributed by atoms with Gasteiger partial charge in [0.15, 0.2) is 0 Å². The number of allylic oxidation sites excluding steroid dienone is 7. The van der Waals surface area contributed by atoms with Gasteiger partial charge in [-0.2, -0.15) is 0 Å². The summed E-state index contributed by atoms with van der Waals surface area (Å²) in [5.41, 5.74) is 8.31. The molecule has 0 spiro atoms. The molecule has 0 saturated carbocycles. The number of likely N-dealkylation sites (N-methyl/N-ethyl adjacent to an activating group) is 1. The lowest BCUT2D eigenvalue weighted by molar-refractivity contribution is 0.0399. The summed E-state index contributed by atoms with van der Waals surface area (Å²) in [6, 6.07) is 20.4. The number of fused-ring (bicyclic) bond motifs is 6. The minimum atomic E-state index is 0.0444. The van der Waals surface area contributed by atoms with E-state index in [4.69, 9.17) is 4.74 Å². The number of hydrogen-bond acceptors (Lipinski definition) is 5. The molecule has 2 saturated heterocycles. The molecule has 0 bridgehead atoms.